The fourth-order valence-electron chi connectivity index (χ4n) is 2.99. The van der Waals surface area contributed by atoms with Crippen LogP contribution in [0, 0.1) is 15.9 Å². The second-order valence-corrected chi connectivity index (χ2v) is 6.23. The van der Waals surface area contributed by atoms with Gasteiger partial charge in [0.1, 0.15) is 0 Å². The Hall–Kier alpha value is -2.50. The van der Waals surface area contributed by atoms with E-state index in [-0.39, 0.29) is 41.5 Å². The van der Waals surface area contributed by atoms with Gasteiger partial charge in [-0.05, 0) is 24.1 Å². The van der Waals surface area contributed by atoms with E-state index in [1.165, 1.54) is 18.2 Å². The van der Waals surface area contributed by atoms with E-state index in [1.54, 1.807) is 31.4 Å². The van der Waals surface area contributed by atoms with Gasteiger partial charge in [0, 0.05) is 51.1 Å². The molecule has 0 radical (unpaired) electrons. The summed E-state index contributed by atoms with van der Waals surface area (Å²) in [6.07, 6.45) is 2.43. The molecule has 8 nitrogen and oxygen atoms in total. The third kappa shape index (κ3) is 5.50. The average molecular weight is 500 g/mol. The normalized spacial score (nSPS) is 16.4. The molecule has 150 valence electrons. The molecule has 1 unspecified atom stereocenters. The van der Waals surface area contributed by atoms with Crippen LogP contribution in [0.25, 0.3) is 0 Å². The van der Waals surface area contributed by atoms with E-state index in [1.807, 2.05) is 4.90 Å². The highest BCUT2D eigenvalue weighted by molar-refractivity contribution is 14.0. The molecule has 2 heterocycles. The number of nitro groups is 1. The van der Waals surface area contributed by atoms with Crippen molar-refractivity contribution in [3.8, 4) is 0 Å². The molecule has 0 spiro atoms. The molecule has 28 heavy (non-hydrogen) atoms. The molecule has 0 bridgehead atoms. The monoisotopic (exact) mass is 500 g/mol. The summed E-state index contributed by atoms with van der Waals surface area (Å²) in [4.78, 5) is 20.5. The Morgan fingerprint density at radius 1 is 1.39 bits per heavy atom. The van der Waals surface area contributed by atoms with Gasteiger partial charge in [0.05, 0.1) is 4.92 Å². The molecule has 10 heteroatoms. The second-order valence-electron chi connectivity index (χ2n) is 6.23. The minimum atomic E-state index is -0.423. The number of aromatic nitrogens is 1. The van der Waals surface area contributed by atoms with E-state index >= 15 is 0 Å². The fraction of sp³-hybridized carbons (Fsp3) is 0.333. The van der Waals surface area contributed by atoms with Crippen molar-refractivity contribution in [1.82, 2.24) is 15.6 Å². The van der Waals surface area contributed by atoms with E-state index in [4.69, 9.17) is 0 Å². The first-order valence-corrected chi connectivity index (χ1v) is 8.63. The van der Waals surface area contributed by atoms with Gasteiger partial charge in [-0.25, -0.2) is 9.37 Å². The lowest BCUT2D eigenvalue weighted by molar-refractivity contribution is -0.384. The highest BCUT2D eigenvalue weighted by atomic mass is 127. The Morgan fingerprint density at radius 2 is 2.14 bits per heavy atom. The molecule has 0 amide bonds. The number of hydrogen-bond donors (Lipinski definition) is 2. The van der Waals surface area contributed by atoms with E-state index in [0.29, 0.717) is 31.4 Å². The first-order chi connectivity index (χ1) is 13.1. The summed E-state index contributed by atoms with van der Waals surface area (Å²) in [5.41, 5.74) is 0.973. The number of halogens is 2. The zero-order valence-electron chi connectivity index (χ0n) is 15.3. The van der Waals surface area contributed by atoms with E-state index in [2.05, 4.69) is 20.6 Å². The fourth-order valence-corrected chi connectivity index (χ4v) is 2.99. The minimum absolute atomic E-state index is 0. The number of nitro benzene ring substituents is 1. The van der Waals surface area contributed by atoms with Crippen molar-refractivity contribution in [2.45, 2.75) is 19.0 Å². The van der Waals surface area contributed by atoms with Crippen molar-refractivity contribution in [1.29, 1.82) is 0 Å². The first kappa shape index (κ1) is 21.8. The molecule has 2 aromatic rings. The lowest BCUT2D eigenvalue weighted by atomic mass is 10.2. The summed E-state index contributed by atoms with van der Waals surface area (Å²) < 4.78 is 13.9. The van der Waals surface area contributed by atoms with Crippen LogP contribution in [0.2, 0.25) is 0 Å². The lowest BCUT2D eigenvalue weighted by Crippen LogP contribution is -2.44. The van der Waals surface area contributed by atoms with Gasteiger partial charge in [-0.3, -0.25) is 15.1 Å². The number of hydrogen-bond acceptors (Lipinski definition) is 5. The number of nitrogens with one attached hydrogen (secondary N) is 2. The zero-order valence-corrected chi connectivity index (χ0v) is 17.7. The number of aliphatic imine (C=N–C) groups is 1. The van der Waals surface area contributed by atoms with Crippen LogP contribution in [0.3, 0.4) is 0 Å². The highest BCUT2D eigenvalue weighted by Crippen LogP contribution is 2.20. The number of non-ortho nitro benzene ring substituents is 1. The number of guanidine groups is 1. The molecular weight excluding hydrogens is 478 g/mol. The average Bonchev–Trinajstić information content (AvgIpc) is 3.14. The maximum atomic E-state index is 13.9. The number of anilines is 1. The molecule has 1 aromatic carbocycles. The van der Waals surface area contributed by atoms with Crippen LogP contribution in [0.1, 0.15) is 12.0 Å². The number of pyridine rings is 1. The molecule has 1 saturated heterocycles. The third-order valence-electron chi connectivity index (χ3n) is 4.40. The van der Waals surface area contributed by atoms with Crippen LogP contribution >= 0.6 is 24.0 Å². The Morgan fingerprint density at radius 3 is 2.79 bits per heavy atom. The van der Waals surface area contributed by atoms with Gasteiger partial charge in [-0.15, -0.1) is 24.0 Å². The molecule has 2 N–H and O–H groups in total. The van der Waals surface area contributed by atoms with E-state index < -0.39 is 4.92 Å². The molecule has 0 aliphatic carbocycles. The smallest absolute Gasteiger partial charge is 0.269 e. The molecule has 1 atom stereocenters. The van der Waals surface area contributed by atoms with Crippen LogP contribution in [-0.4, -0.2) is 42.0 Å². The van der Waals surface area contributed by atoms with Gasteiger partial charge in [0.15, 0.2) is 17.6 Å². The Bertz CT molecular complexity index is 833. The molecule has 1 aliphatic rings. The lowest BCUT2D eigenvalue weighted by Gasteiger charge is -2.20. The van der Waals surface area contributed by atoms with Gasteiger partial charge in [0.2, 0.25) is 0 Å². The van der Waals surface area contributed by atoms with Crippen LogP contribution in [0.5, 0.6) is 0 Å². The SMILES string of the molecule is CN=C(NCc1ccc([N+](=O)[O-])cc1)NC1CCN(c2ncccc2F)C1.I. The van der Waals surface area contributed by atoms with Crippen LogP contribution in [0.4, 0.5) is 15.9 Å². The Labute approximate surface area is 179 Å². The van der Waals surface area contributed by atoms with E-state index in [9.17, 15) is 14.5 Å². The predicted octanol–water partition coefficient (Wildman–Crippen LogP) is 2.69. The maximum absolute atomic E-state index is 13.9. The second kappa shape index (κ2) is 10.2. The Balaban J connectivity index is 0.00000280. The third-order valence-corrected chi connectivity index (χ3v) is 4.40. The van der Waals surface area contributed by atoms with E-state index in [0.717, 1.165) is 12.0 Å². The van der Waals surface area contributed by atoms with Crippen LogP contribution < -0.4 is 15.5 Å². The Kier molecular flexibility index (Phi) is 7.91. The zero-order chi connectivity index (χ0) is 19.2. The quantitative estimate of drug-likeness (QED) is 0.216. The molecule has 0 saturated carbocycles. The number of nitrogens with zero attached hydrogens (tertiary/aromatic N) is 4. The summed E-state index contributed by atoms with van der Waals surface area (Å²) in [5, 5.41) is 17.2. The van der Waals surface area contributed by atoms with Crippen molar-refractivity contribution in [3.63, 3.8) is 0 Å². The summed E-state index contributed by atoms with van der Waals surface area (Å²) in [7, 11) is 1.68. The largest absolute Gasteiger partial charge is 0.352 e. The first-order valence-electron chi connectivity index (χ1n) is 8.63. The van der Waals surface area contributed by atoms with Gasteiger partial charge >= 0.3 is 0 Å². The van der Waals surface area contributed by atoms with Gasteiger partial charge < -0.3 is 15.5 Å². The topological polar surface area (TPSA) is 95.7 Å². The maximum Gasteiger partial charge on any atom is 0.269 e. The summed E-state index contributed by atoms with van der Waals surface area (Å²) in [5.74, 6) is 0.677. The predicted molar refractivity (Wildman–Crippen MR) is 117 cm³/mol. The molecule has 1 aliphatic heterocycles. The van der Waals surface area contributed by atoms with Crippen molar-refractivity contribution in [3.05, 3.63) is 64.1 Å². The van der Waals surface area contributed by atoms with Crippen LogP contribution in [-0.2, 0) is 6.54 Å². The van der Waals surface area contributed by atoms with Gasteiger partial charge in [-0.2, -0.15) is 0 Å². The number of rotatable bonds is 5. The van der Waals surface area contributed by atoms with Gasteiger partial charge in [-0.1, -0.05) is 12.1 Å². The summed E-state index contributed by atoms with van der Waals surface area (Å²) >= 11 is 0. The summed E-state index contributed by atoms with van der Waals surface area (Å²) in [6, 6.07) is 9.48. The minimum Gasteiger partial charge on any atom is -0.352 e. The standard InChI is InChI=1S/C18H21FN6O2.HI/c1-20-18(22-11-13-4-6-15(7-5-13)25(26)27)23-14-8-10-24(12-14)17-16(19)3-2-9-21-17;/h2-7,9,14H,8,10-12H2,1H3,(H2,20,22,23);1H. The van der Waals surface area contributed by atoms with Crippen molar-refractivity contribution >= 4 is 41.4 Å². The van der Waals surface area contributed by atoms with Gasteiger partial charge in [0.25, 0.3) is 5.69 Å². The number of benzene rings is 1. The molecule has 1 fully saturated rings. The van der Waals surface area contributed by atoms with Crippen LogP contribution in [0.15, 0.2) is 47.6 Å². The molecule has 3 rings (SSSR count). The summed E-state index contributed by atoms with van der Waals surface area (Å²) in [6.45, 7) is 1.83. The highest BCUT2D eigenvalue weighted by Gasteiger charge is 2.25. The molecule has 1 aromatic heterocycles. The van der Waals surface area contributed by atoms with Crippen molar-refractivity contribution < 1.29 is 9.31 Å². The molecular formula is C18H22FIN6O2. The van der Waals surface area contributed by atoms with Crippen molar-refractivity contribution in [2.24, 2.45) is 4.99 Å². The van der Waals surface area contributed by atoms with Crippen molar-refractivity contribution in [2.75, 3.05) is 25.0 Å².